The van der Waals surface area contributed by atoms with Crippen molar-refractivity contribution in [3.05, 3.63) is 96.1 Å². The topological polar surface area (TPSA) is 20.3 Å². The molecule has 1 fully saturated rings. The van der Waals surface area contributed by atoms with E-state index in [4.69, 9.17) is 0 Å². The van der Waals surface area contributed by atoms with Gasteiger partial charge in [-0.3, -0.25) is 4.79 Å². The summed E-state index contributed by atoms with van der Waals surface area (Å²) in [5.41, 5.74) is 2.51. The molecule has 2 heteroatoms. The van der Waals surface area contributed by atoms with E-state index in [0.29, 0.717) is 0 Å². The monoisotopic (exact) mass is 351 g/mol. The summed E-state index contributed by atoms with van der Waals surface area (Å²) in [6.07, 6.45) is 3.02. The lowest BCUT2D eigenvalue weighted by atomic mass is 9.97. The van der Waals surface area contributed by atoms with E-state index >= 15 is 0 Å². The van der Waals surface area contributed by atoms with Crippen LogP contribution in [0, 0.1) is 0 Å². The second-order valence-electron chi connectivity index (χ2n) is 7.30. The molecule has 1 heterocycles. The first-order valence-corrected chi connectivity index (χ1v) is 9.55. The molecule has 0 saturated carbocycles. The molecular formula is C25H21NO. The number of nitrogens with zero attached hydrogens (tertiary/aromatic N) is 1. The minimum absolute atomic E-state index is 0.123. The van der Waals surface area contributed by atoms with Gasteiger partial charge in [-0.05, 0) is 45.5 Å². The van der Waals surface area contributed by atoms with Crippen LogP contribution in [-0.2, 0) is 4.79 Å². The summed E-state index contributed by atoms with van der Waals surface area (Å²) in [5.74, 6) is 0. The standard InChI is InChI=1S/C25H21NO/c27-17-26-24(22-13-5-9-18-7-1-3-11-20(18)22)15-16-25(26)23-14-6-10-19-8-2-4-12-21(19)23/h1-14,17,24-25H,15-16H2/t24-,25-/m0/s1. The Balaban J connectivity index is 1.61. The minimum atomic E-state index is 0.123. The SMILES string of the molecule is O=CN1[C@H](c2cccc3ccccc23)CC[C@H]1c1cccc2ccccc12. The van der Waals surface area contributed by atoms with E-state index in [-0.39, 0.29) is 12.1 Å². The Morgan fingerprint density at radius 2 is 1.07 bits per heavy atom. The van der Waals surface area contributed by atoms with Gasteiger partial charge < -0.3 is 4.90 Å². The summed E-state index contributed by atoms with van der Waals surface area (Å²) in [5, 5.41) is 4.95. The molecule has 4 aromatic rings. The lowest BCUT2D eigenvalue weighted by Gasteiger charge is -2.28. The van der Waals surface area contributed by atoms with Gasteiger partial charge in [0, 0.05) is 0 Å². The van der Waals surface area contributed by atoms with E-state index in [9.17, 15) is 4.79 Å². The molecule has 0 unspecified atom stereocenters. The Hall–Kier alpha value is -3.13. The van der Waals surface area contributed by atoms with E-state index in [1.54, 1.807) is 0 Å². The number of rotatable bonds is 3. The van der Waals surface area contributed by atoms with E-state index in [1.807, 2.05) is 4.90 Å². The molecule has 0 spiro atoms. The lowest BCUT2D eigenvalue weighted by molar-refractivity contribution is -0.120. The predicted molar refractivity (Wildman–Crippen MR) is 111 cm³/mol. The molecule has 27 heavy (non-hydrogen) atoms. The normalized spacial score (nSPS) is 19.6. The van der Waals surface area contributed by atoms with E-state index in [1.165, 1.54) is 32.7 Å². The van der Waals surface area contributed by atoms with Gasteiger partial charge in [-0.15, -0.1) is 0 Å². The van der Waals surface area contributed by atoms with Crippen LogP contribution in [0.15, 0.2) is 84.9 Å². The van der Waals surface area contributed by atoms with Gasteiger partial charge in [0.15, 0.2) is 0 Å². The molecule has 132 valence electrons. The van der Waals surface area contributed by atoms with Crippen LogP contribution in [0.1, 0.15) is 36.1 Å². The molecule has 1 aliphatic rings. The number of hydrogen-bond acceptors (Lipinski definition) is 1. The lowest BCUT2D eigenvalue weighted by Crippen LogP contribution is -2.25. The van der Waals surface area contributed by atoms with Crippen molar-refractivity contribution in [1.29, 1.82) is 0 Å². The van der Waals surface area contributed by atoms with Crippen molar-refractivity contribution in [2.45, 2.75) is 24.9 Å². The Morgan fingerprint density at radius 1 is 0.630 bits per heavy atom. The van der Waals surface area contributed by atoms with Crippen LogP contribution in [0.2, 0.25) is 0 Å². The third kappa shape index (κ3) is 2.60. The van der Waals surface area contributed by atoms with Crippen molar-refractivity contribution in [3.63, 3.8) is 0 Å². The number of amides is 1. The number of benzene rings is 4. The molecule has 0 N–H and O–H groups in total. The van der Waals surface area contributed by atoms with Gasteiger partial charge in [0.05, 0.1) is 12.1 Å². The Bertz CT molecular complexity index is 1040. The zero-order chi connectivity index (χ0) is 18.2. The van der Waals surface area contributed by atoms with Crippen molar-refractivity contribution in [1.82, 2.24) is 4.90 Å². The van der Waals surface area contributed by atoms with Crippen LogP contribution < -0.4 is 0 Å². The second-order valence-corrected chi connectivity index (χ2v) is 7.30. The summed E-state index contributed by atoms with van der Waals surface area (Å²) in [4.78, 5) is 14.2. The van der Waals surface area contributed by atoms with Crippen molar-refractivity contribution >= 4 is 28.0 Å². The molecule has 0 aromatic heterocycles. The van der Waals surface area contributed by atoms with Gasteiger partial charge >= 0.3 is 0 Å². The van der Waals surface area contributed by atoms with Crippen molar-refractivity contribution in [2.24, 2.45) is 0 Å². The fourth-order valence-electron chi connectivity index (χ4n) is 4.69. The van der Waals surface area contributed by atoms with Crippen LogP contribution >= 0.6 is 0 Å². The zero-order valence-corrected chi connectivity index (χ0v) is 15.1. The molecule has 1 amide bonds. The number of likely N-dealkylation sites (tertiary alicyclic amines) is 1. The van der Waals surface area contributed by atoms with Gasteiger partial charge in [-0.25, -0.2) is 0 Å². The minimum Gasteiger partial charge on any atom is -0.331 e. The quantitative estimate of drug-likeness (QED) is 0.413. The summed E-state index contributed by atoms with van der Waals surface area (Å²) in [6.45, 7) is 0. The van der Waals surface area contributed by atoms with Gasteiger partial charge in [-0.2, -0.15) is 0 Å². The molecule has 5 rings (SSSR count). The number of fused-ring (bicyclic) bond motifs is 2. The zero-order valence-electron chi connectivity index (χ0n) is 15.1. The fraction of sp³-hybridized carbons (Fsp3) is 0.160. The van der Waals surface area contributed by atoms with Crippen molar-refractivity contribution < 1.29 is 4.79 Å². The largest absolute Gasteiger partial charge is 0.331 e. The number of carbonyl (C=O) groups excluding carboxylic acids is 1. The summed E-state index contributed by atoms with van der Waals surface area (Å²) < 4.78 is 0. The molecule has 2 atom stereocenters. The van der Waals surface area contributed by atoms with E-state index in [0.717, 1.165) is 19.3 Å². The molecule has 1 aliphatic heterocycles. The van der Waals surface area contributed by atoms with Gasteiger partial charge in [0.2, 0.25) is 6.41 Å². The maximum Gasteiger partial charge on any atom is 0.210 e. The fourth-order valence-corrected chi connectivity index (χ4v) is 4.69. The highest BCUT2D eigenvalue weighted by molar-refractivity contribution is 5.87. The van der Waals surface area contributed by atoms with E-state index in [2.05, 4.69) is 84.9 Å². The first-order chi connectivity index (χ1) is 13.4. The van der Waals surface area contributed by atoms with Crippen LogP contribution in [0.5, 0.6) is 0 Å². The first kappa shape index (κ1) is 16.1. The number of carbonyl (C=O) groups is 1. The highest BCUT2D eigenvalue weighted by Crippen LogP contribution is 2.45. The molecule has 4 aromatic carbocycles. The maximum absolute atomic E-state index is 12.2. The highest BCUT2D eigenvalue weighted by Gasteiger charge is 2.35. The summed E-state index contributed by atoms with van der Waals surface area (Å²) >= 11 is 0. The average Bonchev–Trinajstić information content (AvgIpc) is 3.16. The molecule has 0 aliphatic carbocycles. The van der Waals surface area contributed by atoms with Crippen molar-refractivity contribution in [3.8, 4) is 0 Å². The van der Waals surface area contributed by atoms with Crippen LogP contribution in [0.3, 0.4) is 0 Å². The Labute approximate surface area is 159 Å². The van der Waals surface area contributed by atoms with Crippen LogP contribution in [0.4, 0.5) is 0 Å². The van der Waals surface area contributed by atoms with Gasteiger partial charge in [0.1, 0.15) is 0 Å². The summed E-state index contributed by atoms with van der Waals surface area (Å²) in [7, 11) is 0. The third-order valence-electron chi connectivity index (χ3n) is 5.92. The average molecular weight is 351 g/mol. The van der Waals surface area contributed by atoms with Crippen LogP contribution in [0.25, 0.3) is 21.5 Å². The van der Waals surface area contributed by atoms with Gasteiger partial charge in [0.25, 0.3) is 0 Å². The predicted octanol–water partition coefficient (Wildman–Crippen LogP) is 6.03. The highest BCUT2D eigenvalue weighted by atomic mass is 16.1. The maximum atomic E-state index is 12.2. The summed E-state index contributed by atoms with van der Waals surface area (Å²) in [6, 6.07) is 30.0. The van der Waals surface area contributed by atoms with Crippen molar-refractivity contribution in [2.75, 3.05) is 0 Å². The molecule has 2 nitrogen and oxygen atoms in total. The molecular weight excluding hydrogens is 330 g/mol. The first-order valence-electron chi connectivity index (χ1n) is 9.55. The van der Waals surface area contributed by atoms with Crippen LogP contribution in [-0.4, -0.2) is 11.3 Å². The molecule has 0 radical (unpaired) electrons. The second kappa shape index (κ2) is 6.55. The van der Waals surface area contributed by atoms with Gasteiger partial charge in [-0.1, -0.05) is 84.9 Å². The molecule has 1 saturated heterocycles. The smallest absolute Gasteiger partial charge is 0.210 e. The Kier molecular flexibility index (Phi) is 3.90. The Morgan fingerprint density at radius 3 is 1.56 bits per heavy atom. The number of hydrogen-bond donors (Lipinski definition) is 0. The molecule has 0 bridgehead atoms. The van der Waals surface area contributed by atoms with E-state index < -0.39 is 0 Å². The third-order valence-corrected chi connectivity index (χ3v) is 5.92.